The average molecular weight is 351 g/mol. The third kappa shape index (κ3) is 2.71. The van der Waals surface area contributed by atoms with Gasteiger partial charge in [0.15, 0.2) is 11.4 Å². The largest absolute Gasteiger partial charge is 0.493 e. The van der Waals surface area contributed by atoms with Crippen LogP contribution in [0.25, 0.3) is 10.9 Å². The lowest BCUT2D eigenvalue weighted by atomic mass is 10.2. The first-order valence-corrected chi connectivity index (χ1v) is 7.08. The number of azo groups is 1. The van der Waals surface area contributed by atoms with Crippen LogP contribution in [-0.4, -0.2) is 15.0 Å². The molecule has 0 amide bonds. The molecule has 0 radical (unpaired) electrons. The summed E-state index contributed by atoms with van der Waals surface area (Å²) in [6, 6.07) is 9.02. The third-order valence-corrected chi connectivity index (χ3v) is 3.77. The number of aromatic amines is 1. The molecule has 0 aliphatic carbocycles. The van der Waals surface area contributed by atoms with Crippen LogP contribution in [0.15, 0.2) is 46.6 Å². The maximum atomic E-state index is 11.0. The number of benzene rings is 2. The monoisotopic (exact) mass is 350 g/mol. The minimum absolute atomic E-state index is 0.0596. The van der Waals surface area contributed by atoms with Gasteiger partial charge in [0, 0.05) is 6.07 Å². The van der Waals surface area contributed by atoms with Crippen molar-refractivity contribution in [1.82, 2.24) is 4.98 Å². The molecule has 2 aromatic carbocycles. The Hall–Kier alpha value is -2.64. The molecule has 0 spiro atoms. The molecule has 2 N–H and O–H groups in total. The Kier molecular flexibility index (Phi) is 3.89. The number of aromatic hydroxyl groups is 1. The molecule has 0 saturated heterocycles. The van der Waals surface area contributed by atoms with Gasteiger partial charge in [0.25, 0.3) is 5.69 Å². The molecule has 0 saturated carbocycles. The van der Waals surface area contributed by atoms with Crippen LogP contribution in [0.1, 0.15) is 0 Å². The molecule has 3 rings (SSSR count). The van der Waals surface area contributed by atoms with Gasteiger partial charge in [0.2, 0.25) is 5.88 Å². The molecule has 0 bridgehead atoms. The van der Waals surface area contributed by atoms with Crippen LogP contribution in [0.3, 0.4) is 0 Å². The second-order valence-corrected chi connectivity index (χ2v) is 5.36. The molecule has 23 heavy (non-hydrogen) atoms. The number of hydrogen-bond acceptors (Lipinski definition) is 5. The quantitative estimate of drug-likeness (QED) is 0.370. The normalized spacial score (nSPS) is 11.4. The van der Waals surface area contributed by atoms with Crippen LogP contribution < -0.4 is 0 Å². The highest BCUT2D eigenvalue weighted by Gasteiger charge is 2.17. The summed E-state index contributed by atoms with van der Waals surface area (Å²) < 4.78 is 0. The molecule has 0 fully saturated rings. The van der Waals surface area contributed by atoms with Crippen molar-refractivity contribution >= 4 is 51.2 Å². The first kappa shape index (κ1) is 15.3. The fourth-order valence-corrected chi connectivity index (χ4v) is 2.56. The minimum Gasteiger partial charge on any atom is -0.493 e. The zero-order valence-corrected chi connectivity index (χ0v) is 12.8. The summed E-state index contributed by atoms with van der Waals surface area (Å²) in [4.78, 5) is 13.1. The Morgan fingerprint density at radius 3 is 2.52 bits per heavy atom. The number of halogens is 2. The van der Waals surface area contributed by atoms with Crippen LogP contribution in [-0.2, 0) is 0 Å². The number of nitro groups is 1. The molecule has 0 aliphatic rings. The van der Waals surface area contributed by atoms with Gasteiger partial charge in [-0.2, -0.15) is 0 Å². The lowest BCUT2D eigenvalue weighted by Crippen LogP contribution is -1.86. The van der Waals surface area contributed by atoms with Crippen LogP contribution in [0.4, 0.5) is 17.1 Å². The van der Waals surface area contributed by atoms with Gasteiger partial charge in [-0.05, 0) is 18.2 Å². The van der Waals surface area contributed by atoms with Crippen molar-refractivity contribution in [2.24, 2.45) is 10.2 Å². The van der Waals surface area contributed by atoms with Crippen molar-refractivity contribution in [2.75, 3.05) is 0 Å². The highest BCUT2D eigenvalue weighted by molar-refractivity contribution is 6.41. The SMILES string of the molecule is O=[N+]([O-])c1ccccc1N=Nc1c(O)[nH]c2c(Cl)ccc(Cl)c12. The van der Waals surface area contributed by atoms with E-state index in [0.717, 1.165) is 0 Å². The summed E-state index contributed by atoms with van der Waals surface area (Å²) >= 11 is 12.1. The number of nitrogens with one attached hydrogen (secondary N) is 1. The molecule has 9 heteroatoms. The van der Waals surface area contributed by atoms with Gasteiger partial charge in [0.05, 0.1) is 25.9 Å². The first-order chi connectivity index (χ1) is 11.0. The Morgan fingerprint density at radius 1 is 1.09 bits per heavy atom. The molecular formula is C14H8Cl2N4O3. The second kappa shape index (κ2) is 5.86. The maximum Gasteiger partial charge on any atom is 0.296 e. The number of H-pyrrole nitrogens is 1. The zero-order chi connectivity index (χ0) is 16.6. The zero-order valence-electron chi connectivity index (χ0n) is 11.3. The Labute approximate surface area is 139 Å². The molecule has 3 aromatic rings. The van der Waals surface area contributed by atoms with Crippen molar-refractivity contribution in [3.63, 3.8) is 0 Å². The van der Waals surface area contributed by atoms with E-state index in [4.69, 9.17) is 23.2 Å². The number of para-hydroxylation sites is 1. The molecule has 0 aliphatic heterocycles. The number of hydrogen-bond donors (Lipinski definition) is 2. The van der Waals surface area contributed by atoms with Crippen LogP contribution >= 0.6 is 23.2 Å². The average Bonchev–Trinajstić information content (AvgIpc) is 2.87. The van der Waals surface area contributed by atoms with E-state index in [2.05, 4.69) is 15.2 Å². The molecule has 0 atom stereocenters. The van der Waals surface area contributed by atoms with Gasteiger partial charge in [-0.3, -0.25) is 10.1 Å². The molecule has 116 valence electrons. The summed E-state index contributed by atoms with van der Waals surface area (Å²) in [6.45, 7) is 0. The van der Waals surface area contributed by atoms with Crippen LogP contribution in [0.5, 0.6) is 5.88 Å². The van der Waals surface area contributed by atoms with E-state index in [-0.39, 0.29) is 22.9 Å². The maximum absolute atomic E-state index is 11.0. The summed E-state index contributed by atoms with van der Waals surface area (Å²) in [5, 5.41) is 29.8. The van der Waals surface area contributed by atoms with E-state index < -0.39 is 4.92 Å². The van der Waals surface area contributed by atoms with Crippen molar-refractivity contribution in [3.8, 4) is 5.88 Å². The van der Waals surface area contributed by atoms with Gasteiger partial charge < -0.3 is 10.1 Å². The highest BCUT2D eigenvalue weighted by Crippen LogP contribution is 2.43. The van der Waals surface area contributed by atoms with Crippen molar-refractivity contribution < 1.29 is 10.0 Å². The van der Waals surface area contributed by atoms with E-state index in [0.29, 0.717) is 20.9 Å². The number of aromatic nitrogens is 1. The van der Waals surface area contributed by atoms with Crippen molar-refractivity contribution in [1.29, 1.82) is 0 Å². The number of fused-ring (bicyclic) bond motifs is 1. The number of nitrogens with zero attached hydrogens (tertiary/aromatic N) is 3. The van der Waals surface area contributed by atoms with Gasteiger partial charge >= 0.3 is 0 Å². The van der Waals surface area contributed by atoms with E-state index in [9.17, 15) is 15.2 Å². The topological polar surface area (TPSA) is 104 Å². The predicted octanol–water partition coefficient (Wildman–Crippen LogP) is 5.50. The van der Waals surface area contributed by atoms with E-state index in [1.165, 1.54) is 18.2 Å². The van der Waals surface area contributed by atoms with Gasteiger partial charge in [-0.25, -0.2) is 0 Å². The lowest BCUT2D eigenvalue weighted by molar-refractivity contribution is -0.384. The van der Waals surface area contributed by atoms with Crippen LogP contribution in [0.2, 0.25) is 10.0 Å². The number of rotatable bonds is 3. The lowest BCUT2D eigenvalue weighted by Gasteiger charge is -1.98. The fourth-order valence-electron chi connectivity index (χ4n) is 2.11. The standard InChI is InChI=1S/C14H8Cl2N4O3/c15-7-5-6-8(16)12-11(7)13(14(21)17-12)19-18-9-3-1-2-4-10(9)20(22)23/h1-6,17,21H. The highest BCUT2D eigenvalue weighted by atomic mass is 35.5. The van der Waals surface area contributed by atoms with Crippen molar-refractivity contribution in [2.45, 2.75) is 0 Å². The molecule has 1 heterocycles. The minimum atomic E-state index is -0.562. The molecular weight excluding hydrogens is 343 g/mol. The molecule has 7 nitrogen and oxygen atoms in total. The van der Waals surface area contributed by atoms with Gasteiger partial charge in [-0.1, -0.05) is 35.3 Å². The summed E-state index contributed by atoms with van der Waals surface area (Å²) in [6.07, 6.45) is 0. The first-order valence-electron chi connectivity index (χ1n) is 6.33. The third-order valence-electron chi connectivity index (χ3n) is 3.14. The molecule has 1 aromatic heterocycles. The second-order valence-electron chi connectivity index (χ2n) is 4.55. The smallest absolute Gasteiger partial charge is 0.296 e. The Balaban J connectivity index is 2.15. The summed E-state index contributed by atoms with van der Waals surface area (Å²) in [5.74, 6) is -0.280. The Morgan fingerprint density at radius 2 is 1.78 bits per heavy atom. The summed E-state index contributed by atoms with van der Waals surface area (Å²) in [7, 11) is 0. The fraction of sp³-hybridized carbons (Fsp3) is 0. The number of nitro benzene ring substituents is 1. The predicted molar refractivity (Wildman–Crippen MR) is 87.3 cm³/mol. The van der Waals surface area contributed by atoms with E-state index in [1.807, 2.05) is 0 Å². The van der Waals surface area contributed by atoms with E-state index in [1.54, 1.807) is 18.2 Å². The van der Waals surface area contributed by atoms with Gasteiger partial charge in [0.1, 0.15) is 0 Å². The van der Waals surface area contributed by atoms with Crippen LogP contribution in [0, 0.1) is 10.1 Å². The van der Waals surface area contributed by atoms with Crippen molar-refractivity contribution in [3.05, 3.63) is 56.6 Å². The van der Waals surface area contributed by atoms with Gasteiger partial charge in [-0.15, -0.1) is 10.2 Å². The molecule has 0 unspecified atom stereocenters. The summed E-state index contributed by atoms with van der Waals surface area (Å²) in [5.41, 5.74) is 0.336. The Bertz CT molecular complexity index is 953. The van der Waals surface area contributed by atoms with E-state index >= 15 is 0 Å².